The number of hydrogen-bond donors (Lipinski definition) is 2. The number of carboxylic acids is 1. The average molecular weight is 287 g/mol. The number of hydrogen-bond acceptors (Lipinski definition) is 5. The minimum atomic E-state index is -2.86. The van der Waals surface area contributed by atoms with Crippen molar-refractivity contribution >= 4 is 15.8 Å². The number of nitrogens with one attached hydrogen (secondary N) is 1. The smallest absolute Gasteiger partial charge is 0.371 e. The van der Waals surface area contributed by atoms with Crippen LogP contribution in [0.1, 0.15) is 35.7 Å². The Kier molecular flexibility index (Phi) is 3.96. The molecule has 1 saturated heterocycles. The Morgan fingerprint density at radius 1 is 1.58 bits per heavy atom. The summed E-state index contributed by atoms with van der Waals surface area (Å²) in [6.45, 7) is 2.44. The van der Waals surface area contributed by atoms with Gasteiger partial charge in [-0.15, -0.1) is 0 Å². The maximum absolute atomic E-state index is 11.3. The molecule has 0 aromatic carbocycles. The number of sulfone groups is 1. The van der Waals surface area contributed by atoms with Crippen LogP contribution in [-0.4, -0.2) is 37.5 Å². The second kappa shape index (κ2) is 5.34. The summed E-state index contributed by atoms with van der Waals surface area (Å²) >= 11 is 0. The maximum atomic E-state index is 11.3. The molecule has 0 bridgehead atoms. The van der Waals surface area contributed by atoms with Crippen LogP contribution in [0.2, 0.25) is 0 Å². The van der Waals surface area contributed by atoms with Crippen LogP contribution < -0.4 is 5.32 Å². The van der Waals surface area contributed by atoms with Gasteiger partial charge < -0.3 is 14.8 Å². The summed E-state index contributed by atoms with van der Waals surface area (Å²) in [6.07, 6.45) is 0.681. The van der Waals surface area contributed by atoms with Crippen molar-refractivity contribution in [2.75, 3.05) is 18.1 Å². The van der Waals surface area contributed by atoms with E-state index in [1.807, 2.05) is 6.92 Å². The summed E-state index contributed by atoms with van der Waals surface area (Å²) in [7, 11) is -2.86. The molecule has 0 saturated carbocycles. The van der Waals surface area contributed by atoms with E-state index in [1.165, 1.54) is 6.07 Å². The molecular weight excluding hydrogens is 270 g/mol. The first-order valence-electron chi connectivity index (χ1n) is 6.14. The molecule has 19 heavy (non-hydrogen) atoms. The van der Waals surface area contributed by atoms with E-state index in [0.29, 0.717) is 18.7 Å². The molecule has 2 N–H and O–H groups in total. The first-order valence-corrected chi connectivity index (χ1v) is 7.96. The predicted molar refractivity (Wildman–Crippen MR) is 68.8 cm³/mol. The fraction of sp³-hybridized carbons (Fsp3) is 0.583. The lowest BCUT2D eigenvalue weighted by Crippen LogP contribution is -2.26. The highest BCUT2D eigenvalue weighted by atomic mass is 32.2. The van der Waals surface area contributed by atoms with Gasteiger partial charge in [0.2, 0.25) is 5.76 Å². The zero-order valence-corrected chi connectivity index (χ0v) is 11.4. The molecule has 1 aromatic rings. The van der Waals surface area contributed by atoms with E-state index in [-0.39, 0.29) is 29.2 Å². The number of rotatable bonds is 5. The van der Waals surface area contributed by atoms with Crippen LogP contribution in [0, 0.1) is 5.92 Å². The normalized spacial score (nSPS) is 23.3. The Balaban J connectivity index is 1.87. The van der Waals surface area contributed by atoms with Crippen molar-refractivity contribution in [3.8, 4) is 0 Å². The zero-order chi connectivity index (χ0) is 14.0. The molecule has 0 spiro atoms. The van der Waals surface area contributed by atoms with Gasteiger partial charge in [0.25, 0.3) is 0 Å². The van der Waals surface area contributed by atoms with Crippen LogP contribution >= 0.6 is 0 Å². The van der Waals surface area contributed by atoms with Gasteiger partial charge in [0.1, 0.15) is 5.76 Å². The zero-order valence-electron chi connectivity index (χ0n) is 10.6. The molecule has 1 aromatic heterocycles. The minimum absolute atomic E-state index is 0.0907. The van der Waals surface area contributed by atoms with Crippen molar-refractivity contribution in [3.05, 3.63) is 23.7 Å². The fourth-order valence-electron chi connectivity index (χ4n) is 2.18. The van der Waals surface area contributed by atoms with Crippen molar-refractivity contribution in [1.82, 2.24) is 5.32 Å². The Labute approximate surface area is 111 Å². The SMILES string of the molecule is CC(NCC1CCS(=O)(=O)C1)c1ccc(C(=O)O)o1. The lowest BCUT2D eigenvalue weighted by atomic mass is 10.1. The van der Waals surface area contributed by atoms with Gasteiger partial charge in [0.15, 0.2) is 9.84 Å². The maximum Gasteiger partial charge on any atom is 0.371 e. The lowest BCUT2D eigenvalue weighted by Gasteiger charge is -2.14. The average Bonchev–Trinajstić information content (AvgIpc) is 2.92. The third-order valence-corrected chi connectivity index (χ3v) is 5.14. The van der Waals surface area contributed by atoms with Crippen LogP contribution in [0.4, 0.5) is 0 Å². The Morgan fingerprint density at radius 2 is 2.32 bits per heavy atom. The van der Waals surface area contributed by atoms with Crippen molar-refractivity contribution in [2.24, 2.45) is 5.92 Å². The molecule has 1 aliphatic rings. The second-order valence-corrected chi connectivity index (χ2v) is 7.13. The Bertz CT molecular complexity index is 562. The molecule has 0 radical (unpaired) electrons. The van der Waals surface area contributed by atoms with E-state index < -0.39 is 15.8 Å². The van der Waals surface area contributed by atoms with E-state index in [9.17, 15) is 13.2 Å². The third-order valence-electron chi connectivity index (χ3n) is 3.30. The number of aromatic carboxylic acids is 1. The quantitative estimate of drug-likeness (QED) is 0.840. The van der Waals surface area contributed by atoms with Crippen molar-refractivity contribution in [1.29, 1.82) is 0 Å². The van der Waals surface area contributed by atoms with Crippen molar-refractivity contribution < 1.29 is 22.7 Å². The van der Waals surface area contributed by atoms with Gasteiger partial charge in [0, 0.05) is 0 Å². The summed E-state index contributed by atoms with van der Waals surface area (Å²) in [5, 5.41) is 11.9. The highest BCUT2D eigenvalue weighted by Crippen LogP contribution is 2.20. The van der Waals surface area contributed by atoms with Crippen LogP contribution in [0.3, 0.4) is 0 Å². The van der Waals surface area contributed by atoms with Crippen LogP contribution in [0.5, 0.6) is 0 Å². The molecule has 2 unspecified atom stereocenters. The molecule has 106 valence electrons. The van der Waals surface area contributed by atoms with E-state index in [1.54, 1.807) is 6.07 Å². The fourth-order valence-corrected chi connectivity index (χ4v) is 4.04. The van der Waals surface area contributed by atoms with Gasteiger partial charge in [0.05, 0.1) is 17.5 Å². The van der Waals surface area contributed by atoms with Crippen molar-refractivity contribution in [3.63, 3.8) is 0 Å². The third kappa shape index (κ3) is 3.57. The number of carboxylic acid groups (broad SMARTS) is 1. The number of furan rings is 1. The largest absolute Gasteiger partial charge is 0.475 e. The summed E-state index contributed by atoms with van der Waals surface area (Å²) in [6, 6.07) is 2.89. The van der Waals surface area contributed by atoms with Gasteiger partial charge in [-0.2, -0.15) is 0 Å². The van der Waals surface area contributed by atoms with Gasteiger partial charge in [-0.25, -0.2) is 13.2 Å². The molecule has 0 amide bonds. The topological polar surface area (TPSA) is 96.6 Å². The van der Waals surface area contributed by atoms with Gasteiger partial charge in [-0.3, -0.25) is 0 Å². The Morgan fingerprint density at radius 3 is 2.84 bits per heavy atom. The van der Waals surface area contributed by atoms with E-state index in [2.05, 4.69) is 5.32 Å². The van der Waals surface area contributed by atoms with Crippen molar-refractivity contribution in [2.45, 2.75) is 19.4 Å². The van der Waals surface area contributed by atoms with Crippen LogP contribution in [-0.2, 0) is 9.84 Å². The standard InChI is InChI=1S/C12H17NO5S/c1-8(10-2-3-11(18-10)12(14)15)13-6-9-4-5-19(16,17)7-9/h2-3,8-9,13H,4-7H2,1H3,(H,14,15). The monoisotopic (exact) mass is 287 g/mol. The highest BCUT2D eigenvalue weighted by molar-refractivity contribution is 7.91. The Hall–Kier alpha value is -1.34. The lowest BCUT2D eigenvalue weighted by molar-refractivity contribution is 0.0659. The van der Waals surface area contributed by atoms with Gasteiger partial charge >= 0.3 is 5.97 Å². The summed E-state index contributed by atoms with van der Waals surface area (Å²) in [5.41, 5.74) is 0. The molecule has 0 aliphatic carbocycles. The number of carbonyl (C=O) groups is 1. The first-order chi connectivity index (χ1) is 8.87. The molecule has 2 rings (SSSR count). The molecule has 6 nitrogen and oxygen atoms in total. The predicted octanol–water partition coefficient (Wildman–Crippen LogP) is 1.06. The van der Waals surface area contributed by atoms with Gasteiger partial charge in [-0.05, 0) is 37.9 Å². The molecule has 7 heteroatoms. The highest BCUT2D eigenvalue weighted by Gasteiger charge is 2.28. The first kappa shape index (κ1) is 14.1. The molecule has 1 aliphatic heterocycles. The van der Waals surface area contributed by atoms with E-state index in [4.69, 9.17) is 9.52 Å². The van der Waals surface area contributed by atoms with E-state index >= 15 is 0 Å². The van der Waals surface area contributed by atoms with Crippen LogP contribution in [0.15, 0.2) is 16.5 Å². The van der Waals surface area contributed by atoms with Crippen LogP contribution in [0.25, 0.3) is 0 Å². The summed E-state index contributed by atoms with van der Waals surface area (Å²) < 4.78 is 27.8. The molecular formula is C12H17NO5S. The minimum Gasteiger partial charge on any atom is -0.475 e. The second-order valence-electron chi connectivity index (χ2n) is 4.91. The summed E-state index contributed by atoms with van der Waals surface area (Å²) in [5.74, 6) is -0.0323. The van der Waals surface area contributed by atoms with E-state index in [0.717, 1.165) is 0 Å². The molecule has 2 atom stereocenters. The van der Waals surface area contributed by atoms with Gasteiger partial charge in [-0.1, -0.05) is 0 Å². The molecule has 1 fully saturated rings. The summed E-state index contributed by atoms with van der Waals surface area (Å²) in [4.78, 5) is 10.7. The molecule has 2 heterocycles.